The molecule has 0 saturated heterocycles. The molecule has 1 nitrogen and oxygen atoms in total. The summed E-state index contributed by atoms with van der Waals surface area (Å²) in [5, 5.41) is 2.92. The van der Waals surface area contributed by atoms with E-state index >= 15 is 0 Å². The van der Waals surface area contributed by atoms with Crippen LogP contribution in [0, 0.1) is 0 Å². The lowest BCUT2D eigenvalue weighted by molar-refractivity contribution is 0.495. The Morgan fingerprint density at radius 3 is 2.29 bits per heavy atom. The maximum Gasteiger partial charge on any atom is 0.0502 e. The quantitative estimate of drug-likeness (QED) is 0.704. The van der Waals surface area contributed by atoms with Crippen LogP contribution in [0.3, 0.4) is 0 Å². The smallest absolute Gasteiger partial charge is 0.0502 e. The zero-order valence-electron chi connectivity index (χ0n) is 11.0. The van der Waals surface area contributed by atoms with E-state index in [0.717, 1.165) is 0 Å². The van der Waals surface area contributed by atoms with E-state index in [0.29, 0.717) is 6.04 Å². The van der Waals surface area contributed by atoms with Crippen molar-refractivity contribution in [2.75, 3.05) is 0 Å². The van der Waals surface area contributed by atoms with Gasteiger partial charge in [0.1, 0.15) is 0 Å². The average molecular weight is 245 g/mol. The molecule has 1 unspecified atom stereocenters. The van der Waals surface area contributed by atoms with Gasteiger partial charge in [-0.1, -0.05) is 36.4 Å². The van der Waals surface area contributed by atoms with Gasteiger partial charge in [-0.15, -0.1) is 0 Å². The van der Waals surface area contributed by atoms with Gasteiger partial charge in [0.2, 0.25) is 0 Å². The highest BCUT2D eigenvalue weighted by atomic mass is 31.1. The number of benzene rings is 1. The molecule has 0 fully saturated rings. The molecule has 0 radical (unpaired) electrons. The van der Waals surface area contributed by atoms with Crippen LogP contribution in [0.25, 0.3) is 0 Å². The topological polar surface area (TPSA) is 3.24 Å². The molecule has 1 aliphatic heterocycles. The lowest BCUT2D eigenvalue weighted by Gasteiger charge is -2.37. The first kappa shape index (κ1) is 12.4. The molecule has 2 heteroatoms. The van der Waals surface area contributed by atoms with Crippen LogP contribution in [0.1, 0.15) is 27.7 Å². The zero-order valence-corrected chi connectivity index (χ0v) is 11.9. The fourth-order valence-electron chi connectivity index (χ4n) is 2.16. The third-order valence-corrected chi connectivity index (χ3v) is 5.49. The molecule has 1 atom stereocenters. The van der Waals surface area contributed by atoms with Gasteiger partial charge in [-0.3, -0.25) is 0 Å². The molecule has 0 spiro atoms. The zero-order chi connectivity index (χ0) is 12.4. The van der Waals surface area contributed by atoms with Crippen molar-refractivity contribution in [3.63, 3.8) is 0 Å². The highest BCUT2D eigenvalue weighted by Gasteiger charge is 2.24. The monoisotopic (exact) mass is 245 g/mol. The minimum atomic E-state index is -0.340. The van der Waals surface area contributed by atoms with Gasteiger partial charge in [-0.2, -0.15) is 0 Å². The number of rotatable bonds is 2. The minimum absolute atomic E-state index is 0.340. The summed E-state index contributed by atoms with van der Waals surface area (Å²) in [7, 11) is -0.340. The second-order valence-electron chi connectivity index (χ2n) is 4.78. The highest BCUT2D eigenvalue weighted by Crippen LogP contribution is 2.51. The fourth-order valence-corrected chi connectivity index (χ4v) is 4.74. The summed E-state index contributed by atoms with van der Waals surface area (Å²) in [6, 6.07) is 11.4. The van der Waals surface area contributed by atoms with Crippen LogP contribution in [-0.4, -0.2) is 10.7 Å². The summed E-state index contributed by atoms with van der Waals surface area (Å²) in [6.45, 7) is 8.96. The van der Waals surface area contributed by atoms with Gasteiger partial charge in [0.15, 0.2) is 0 Å². The summed E-state index contributed by atoms with van der Waals surface area (Å²) in [5.74, 6) is 0. The highest BCUT2D eigenvalue weighted by molar-refractivity contribution is 7.67. The molecule has 1 aromatic carbocycles. The van der Waals surface area contributed by atoms with Gasteiger partial charge in [-0.25, -0.2) is 0 Å². The number of hydrogen-bond donors (Lipinski definition) is 0. The molecule has 0 N–H and O–H groups in total. The Kier molecular flexibility index (Phi) is 3.69. The molecule has 90 valence electrons. The molecule has 0 saturated carbocycles. The van der Waals surface area contributed by atoms with E-state index in [1.807, 2.05) is 0 Å². The van der Waals surface area contributed by atoms with Gasteiger partial charge in [0, 0.05) is 17.5 Å². The number of allylic oxidation sites excluding steroid dienone is 3. The van der Waals surface area contributed by atoms with Crippen LogP contribution in [0.4, 0.5) is 0 Å². The summed E-state index contributed by atoms with van der Waals surface area (Å²) in [5.41, 5.74) is 1.35. The Morgan fingerprint density at radius 2 is 1.71 bits per heavy atom. The predicted octanol–water partition coefficient (Wildman–Crippen LogP) is 4.24. The van der Waals surface area contributed by atoms with Crippen LogP contribution in [-0.2, 0) is 0 Å². The Balaban J connectivity index is 2.41. The third kappa shape index (κ3) is 2.61. The van der Waals surface area contributed by atoms with Crippen LogP contribution in [0.5, 0.6) is 0 Å². The lowest BCUT2D eigenvalue weighted by Crippen LogP contribution is -2.27. The summed E-state index contributed by atoms with van der Waals surface area (Å²) >= 11 is 0. The Hall–Kier alpha value is -1.07. The first-order chi connectivity index (χ1) is 8.09. The van der Waals surface area contributed by atoms with Crippen molar-refractivity contribution >= 4 is 13.4 Å². The van der Waals surface area contributed by atoms with Crippen LogP contribution in [0.2, 0.25) is 0 Å². The van der Waals surface area contributed by atoms with Crippen molar-refractivity contribution in [3.8, 4) is 0 Å². The van der Waals surface area contributed by atoms with Crippen molar-refractivity contribution in [1.82, 2.24) is 4.67 Å². The van der Waals surface area contributed by atoms with E-state index in [9.17, 15) is 0 Å². The third-order valence-electron chi connectivity index (χ3n) is 2.87. The Bertz CT molecular complexity index is 445. The molecule has 0 aliphatic carbocycles. The van der Waals surface area contributed by atoms with Crippen LogP contribution in [0.15, 0.2) is 53.5 Å². The molecular formula is C15H20NP. The maximum absolute atomic E-state index is 2.51. The second kappa shape index (κ2) is 5.06. The normalized spacial score (nSPS) is 20.3. The molecule has 1 heterocycles. The van der Waals surface area contributed by atoms with E-state index in [2.05, 4.69) is 75.0 Å². The molecule has 1 aliphatic rings. The SMILES string of the molecule is CC1=CN(C(C)C)P(c2ccccc2)C(C)=C1. The lowest BCUT2D eigenvalue weighted by atomic mass is 10.3. The second-order valence-corrected chi connectivity index (χ2v) is 7.09. The number of nitrogens with zero attached hydrogens (tertiary/aromatic N) is 1. The van der Waals surface area contributed by atoms with Crippen molar-refractivity contribution in [1.29, 1.82) is 0 Å². The van der Waals surface area contributed by atoms with Gasteiger partial charge in [0.05, 0.1) is 8.07 Å². The van der Waals surface area contributed by atoms with Crippen molar-refractivity contribution in [3.05, 3.63) is 53.5 Å². The van der Waals surface area contributed by atoms with Crippen molar-refractivity contribution in [2.24, 2.45) is 0 Å². The van der Waals surface area contributed by atoms with Gasteiger partial charge in [0.25, 0.3) is 0 Å². The molecule has 1 aromatic rings. The number of hydrogen-bond acceptors (Lipinski definition) is 1. The first-order valence-electron chi connectivity index (χ1n) is 6.10. The molecule has 17 heavy (non-hydrogen) atoms. The fraction of sp³-hybridized carbons (Fsp3) is 0.333. The van der Waals surface area contributed by atoms with Gasteiger partial charge >= 0.3 is 0 Å². The average Bonchev–Trinajstić information content (AvgIpc) is 2.29. The maximum atomic E-state index is 2.51. The van der Waals surface area contributed by atoms with Gasteiger partial charge in [-0.05, 0) is 38.6 Å². The van der Waals surface area contributed by atoms with Crippen molar-refractivity contribution < 1.29 is 0 Å². The van der Waals surface area contributed by atoms with E-state index in [1.165, 1.54) is 16.2 Å². The summed E-state index contributed by atoms with van der Waals surface area (Å²) in [4.78, 5) is 0. The van der Waals surface area contributed by atoms with E-state index in [4.69, 9.17) is 0 Å². The molecule has 0 bridgehead atoms. The molecule has 2 rings (SSSR count). The van der Waals surface area contributed by atoms with E-state index < -0.39 is 0 Å². The molecule has 0 amide bonds. The standard InChI is InChI=1S/C15H20NP/c1-12(2)16-11-13(3)10-14(4)17(16)15-8-6-5-7-9-15/h5-12H,1-4H3. The Morgan fingerprint density at radius 1 is 1.06 bits per heavy atom. The first-order valence-corrected chi connectivity index (χ1v) is 7.39. The molecule has 0 aromatic heterocycles. The largest absolute Gasteiger partial charge is 0.347 e. The summed E-state index contributed by atoms with van der Waals surface area (Å²) in [6.07, 6.45) is 4.62. The van der Waals surface area contributed by atoms with Crippen molar-refractivity contribution in [2.45, 2.75) is 33.7 Å². The van der Waals surface area contributed by atoms with Crippen LogP contribution >= 0.6 is 8.07 Å². The minimum Gasteiger partial charge on any atom is -0.347 e. The molecular weight excluding hydrogens is 225 g/mol. The van der Waals surface area contributed by atoms with Gasteiger partial charge < -0.3 is 4.67 Å². The van der Waals surface area contributed by atoms with E-state index in [1.54, 1.807) is 0 Å². The Labute approximate surface area is 106 Å². The van der Waals surface area contributed by atoms with Crippen LogP contribution < -0.4 is 5.30 Å². The summed E-state index contributed by atoms with van der Waals surface area (Å²) < 4.78 is 2.51. The van der Waals surface area contributed by atoms with E-state index in [-0.39, 0.29) is 8.07 Å². The predicted molar refractivity (Wildman–Crippen MR) is 77.5 cm³/mol.